The third kappa shape index (κ3) is 3.47. The van der Waals surface area contributed by atoms with Gasteiger partial charge in [-0.15, -0.1) is 0 Å². The molecule has 1 aliphatic rings. The van der Waals surface area contributed by atoms with Crippen LogP contribution in [0, 0.1) is 18.8 Å². The number of likely N-dealkylation sites (N-methyl/N-ethyl adjacent to an activating group) is 1. The van der Waals surface area contributed by atoms with Gasteiger partial charge in [0, 0.05) is 35.8 Å². The first kappa shape index (κ1) is 18.4. The van der Waals surface area contributed by atoms with E-state index in [1.54, 1.807) is 5.56 Å². The van der Waals surface area contributed by atoms with Gasteiger partial charge in [-0.1, -0.05) is 41.5 Å². The molecule has 2 rings (SSSR count). The Labute approximate surface area is 143 Å². The first-order chi connectivity index (χ1) is 10.6. The van der Waals surface area contributed by atoms with E-state index < -0.39 is 0 Å². The molecule has 0 saturated carbocycles. The highest BCUT2D eigenvalue weighted by Crippen LogP contribution is 2.42. The molecule has 0 aliphatic carbocycles. The molecule has 23 heavy (non-hydrogen) atoms. The molecule has 0 fully saturated rings. The van der Waals surface area contributed by atoms with Gasteiger partial charge in [-0.05, 0) is 55.8 Å². The van der Waals surface area contributed by atoms with E-state index in [0.717, 1.165) is 6.54 Å². The second kappa shape index (κ2) is 6.93. The van der Waals surface area contributed by atoms with E-state index in [2.05, 4.69) is 73.4 Å². The highest BCUT2D eigenvalue weighted by atomic mass is 15.1. The third-order valence-electron chi connectivity index (χ3n) is 6.21. The minimum atomic E-state index is 0.501. The summed E-state index contributed by atoms with van der Waals surface area (Å²) in [6, 6.07) is 2.92. The van der Waals surface area contributed by atoms with Crippen molar-refractivity contribution in [3.8, 4) is 0 Å². The first-order valence-corrected chi connectivity index (χ1v) is 9.36. The van der Waals surface area contributed by atoms with Crippen LogP contribution >= 0.6 is 0 Å². The van der Waals surface area contributed by atoms with E-state index in [1.165, 1.54) is 17.0 Å². The molecule has 0 bridgehead atoms. The van der Waals surface area contributed by atoms with Crippen LogP contribution in [0.3, 0.4) is 0 Å². The lowest BCUT2D eigenvalue weighted by Crippen LogP contribution is -2.42. The molecular weight excluding hydrogens is 280 g/mol. The van der Waals surface area contributed by atoms with Crippen molar-refractivity contribution in [2.45, 2.75) is 79.2 Å². The molecule has 2 heteroatoms. The van der Waals surface area contributed by atoms with E-state index in [4.69, 9.17) is 4.98 Å². The Bertz CT molecular complexity index is 547. The normalized spacial score (nSPS) is 29.5. The highest BCUT2D eigenvalue weighted by Gasteiger charge is 2.35. The molecule has 0 spiro atoms. The molecule has 1 unspecified atom stereocenters. The molecule has 0 radical (unpaired) electrons. The predicted molar refractivity (Wildman–Crippen MR) is 100 cm³/mol. The number of aromatic nitrogens is 1. The molecule has 4 atom stereocenters. The van der Waals surface area contributed by atoms with Crippen molar-refractivity contribution in [1.82, 2.24) is 9.88 Å². The fourth-order valence-corrected chi connectivity index (χ4v) is 4.14. The highest BCUT2D eigenvalue weighted by molar-refractivity contribution is 5.40. The molecule has 1 aromatic rings. The molecule has 1 aliphatic heterocycles. The van der Waals surface area contributed by atoms with Crippen molar-refractivity contribution in [3.05, 3.63) is 28.6 Å². The van der Waals surface area contributed by atoms with E-state index in [1.807, 2.05) is 0 Å². The minimum Gasteiger partial charge on any atom is -0.303 e. The standard InChI is InChI=1S/C21H36N2/c1-12(2)18-10-14(5)22-21-16(7)15(6)17(8)23(9)11-19(13(3)4)20(18)21/h10,12-13,15-17,19H,11H2,1-9H3/t15-,16+,17-,19?/m1/s1. The van der Waals surface area contributed by atoms with Crippen molar-refractivity contribution >= 4 is 0 Å². The smallest absolute Gasteiger partial charge is 0.0476 e. The van der Waals surface area contributed by atoms with Crippen molar-refractivity contribution in [2.24, 2.45) is 11.8 Å². The number of aryl methyl sites for hydroxylation is 1. The van der Waals surface area contributed by atoms with Crippen molar-refractivity contribution in [3.63, 3.8) is 0 Å². The Balaban J connectivity index is 2.73. The van der Waals surface area contributed by atoms with E-state index in [0.29, 0.717) is 35.6 Å². The number of hydrogen-bond acceptors (Lipinski definition) is 2. The maximum absolute atomic E-state index is 5.06. The zero-order valence-electron chi connectivity index (χ0n) is 16.6. The third-order valence-corrected chi connectivity index (χ3v) is 6.21. The summed E-state index contributed by atoms with van der Waals surface area (Å²) in [7, 11) is 2.30. The predicted octanol–water partition coefficient (Wildman–Crippen LogP) is 5.33. The van der Waals surface area contributed by atoms with Gasteiger partial charge in [-0.25, -0.2) is 0 Å². The second-order valence-electron chi connectivity index (χ2n) is 8.48. The van der Waals surface area contributed by atoms with Crippen LogP contribution in [0.25, 0.3) is 0 Å². The minimum absolute atomic E-state index is 0.501. The quantitative estimate of drug-likeness (QED) is 0.733. The van der Waals surface area contributed by atoms with Crippen LogP contribution in [0.4, 0.5) is 0 Å². The lowest BCUT2D eigenvalue weighted by Gasteiger charge is -2.41. The fraction of sp³-hybridized carbons (Fsp3) is 0.762. The first-order valence-electron chi connectivity index (χ1n) is 9.36. The SMILES string of the molecule is Cc1cc(C(C)C)c2c(n1)[C@@H](C)[C@@H](C)[C@@H](C)N(C)CC2C(C)C. The van der Waals surface area contributed by atoms with Gasteiger partial charge in [0.25, 0.3) is 0 Å². The Morgan fingerprint density at radius 1 is 1.13 bits per heavy atom. The lowest BCUT2D eigenvalue weighted by atomic mass is 9.74. The van der Waals surface area contributed by atoms with Gasteiger partial charge in [-0.2, -0.15) is 0 Å². The largest absolute Gasteiger partial charge is 0.303 e. The summed E-state index contributed by atoms with van der Waals surface area (Å²) in [5.41, 5.74) is 5.63. The van der Waals surface area contributed by atoms with Gasteiger partial charge in [0.2, 0.25) is 0 Å². The van der Waals surface area contributed by atoms with Crippen LogP contribution in [0.15, 0.2) is 6.07 Å². The van der Waals surface area contributed by atoms with Crippen molar-refractivity contribution < 1.29 is 0 Å². The number of fused-ring (bicyclic) bond motifs is 1. The molecule has 0 N–H and O–H groups in total. The average Bonchev–Trinajstić information content (AvgIpc) is 2.48. The summed E-state index contributed by atoms with van der Waals surface area (Å²) in [6.07, 6.45) is 0. The number of nitrogens with zero attached hydrogens (tertiary/aromatic N) is 2. The Kier molecular flexibility index (Phi) is 5.56. The molecular formula is C21H36N2. The summed E-state index contributed by atoms with van der Waals surface area (Å²) in [5, 5.41) is 0. The summed E-state index contributed by atoms with van der Waals surface area (Å²) in [5.74, 6) is 2.86. The van der Waals surface area contributed by atoms with Gasteiger partial charge < -0.3 is 4.90 Å². The van der Waals surface area contributed by atoms with Crippen LogP contribution in [-0.2, 0) is 0 Å². The van der Waals surface area contributed by atoms with Gasteiger partial charge >= 0.3 is 0 Å². The fourth-order valence-electron chi connectivity index (χ4n) is 4.14. The Morgan fingerprint density at radius 2 is 1.74 bits per heavy atom. The van der Waals surface area contributed by atoms with E-state index in [9.17, 15) is 0 Å². The Morgan fingerprint density at radius 3 is 2.26 bits per heavy atom. The molecule has 0 saturated heterocycles. The molecule has 0 amide bonds. The molecule has 1 aromatic heterocycles. The summed E-state index contributed by atoms with van der Waals surface area (Å²) < 4.78 is 0. The van der Waals surface area contributed by atoms with Crippen LogP contribution in [0.5, 0.6) is 0 Å². The number of pyridine rings is 1. The zero-order chi connectivity index (χ0) is 17.5. The van der Waals surface area contributed by atoms with E-state index in [-0.39, 0.29) is 0 Å². The topological polar surface area (TPSA) is 16.1 Å². The van der Waals surface area contributed by atoms with Crippen molar-refractivity contribution in [2.75, 3.05) is 13.6 Å². The van der Waals surface area contributed by atoms with Gasteiger partial charge in [0.05, 0.1) is 0 Å². The van der Waals surface area contributed by atoms with Crippen molar-refractivity contribution in [1.29, 1.82) is 0 Å². The van der Waals surface area contributed by atoms with Crippen LogP contribution in [-0.4, -0.2) is 29.5 Å². The number of rotatable bonds is 2. The summed E-state index contributed by atoms with van der Waals surface area (Å²) in [4.78, 5) is 7.63. The molecule has 130 valence electrons. The van der Waals surface area contributed by atoms with Crippen LogP contribution < -0.4 is 0 Å². The van der Waals surface area contributed by atoms with E-state index >= 15 is 0 Å². The number of hydrogen-bond donors (Lipinski definition) is 0. The zero-order valence-corrected chi connectivity index (χ0v) is 16.6. The lowest BCUT2D eigenvalue weighted by molar-refractivity contribution is 0.153. The maximum atomic E-state index is 5.06. The van der Waals surface area contributed by atoms with Gasteiger partial charge in [-0.3, -0.25) is 4.98 Å². The van der Waals surface area contributed by atoms with Crippen LogP contribution in [0.2, 0.25) is 0 Å². The average molecular weight is 317 g/mol. The monoisotopic (exact) mass is 316 g/mol. The molecule has 2 nitrogen and oxygen atoms in total. The molecule has 0 aromatic carbocycles. The van der Waals surface area contributed by atoms with Gasteiger partial charge in [0.1, 0.15) is 0 Å². The van der Waals surface area contributed by atoms with Crippen LogP contribution in [0.1, 0.15) is 88.7 Å². The second-order valence-corrected chi connectivity index (χ2v) is 8.48. The Hall–Kier alpha value is -0.890. The molecule has 2 heterocycles. The van der Waals surface area contributed by atoms with Gasteiger partial charge in [0.15, 0.2) is 0 Å². The summed E-state index contributed by atoms with van der Waals surface area (Å²) in [6.45, 7) is 19.8. The maximum Gasteiger partial charge on any atom is 0.0476 e. The summed E-state index contributed by atoms with van der Waals surface area (Å²) >= 11 is 0.